The van der Waals surface area contributed by atoms with E-state index in [9.17, 15) is 0 Å². The highest BCUT2D eigenvalue weighted by atomic mass is 16.5. The summed E-state index contributed by atoms with van der Waals surface area (Å²) in [7, 11) is 0. The van der Waals surface area contributed by atoms with Gasteiger partial charge in [0.25, 0.3) is 0 Å². The van der Waals surface area contributed by atoms with Crippen LogP contribution in [0.4, 0.5) is 0 Å². The van der Waals surface area contributed by atoms with Crippen LogP contribution in [0.1, 0.15) is 33.1 Å². The zero-order valence-corrected chi connectivity index (χ0v) is 9.51. The molecule has 84 valence electrons. The molecule has 1 atom stereocenters. The molecule has 0 aromatic carbocycles. The second-order valence-electron chi connectivity index (χ2n) is 4.73. The van der Waals surface area contributed by atoms with Crippen molar-refractivity contribution in [2.75, 3.05) is 26.3 Å². The van der Waals surface area contributed by atoms with Gasteiger partial charge in [0.1, 0.15) is 0 Å². The van der Waals surface area contributed by atoms with Crippen molar-refractivity contribution in [1.82, 2.24) is 5.32 Å². The highest BCUT2D eigenvalue weighted by molar-refractivity contribution is 4.90. The van der Waals surface area contributed by atoms with Gasteiger partial charge < -0.3 is 15.8 Å². The van der Waals surface area contributed by atoms with Gasteiger partial charge in [-0.25, -0.2) is 0 Å². The number of rotatable bonds is 4. The van der Waals surface area contributed by atoms with E-state index < -0.39 is 0 Å². The lowest BCUT2D eigenvalue weighted by Crippen LogP contribution is -2.52. The van der Waals surface area contributed by atoms with Crippen molar-refractivity contribution in [2.24, 2.45) is 11.7 Å². The van der Waals surface area contributed by atoms with Gasteiger partial charge in [0.2, 0.25) is 0 Å². The van der Waals surface area contributed by atoms with Gasteiger partial charge in [-0.3, -0.25) is 0 Å². The summed E-state index contributed by atoms with van der Waals surface area (Å²) >= 11 is 0. The molecular formula is C11H24N2O. The Hall–Kier alpha value is -0.120. The van der Waals surface area contributed by atoms with Crippen LogP contribution in [-0.4, -0.2) is 31.8 Å². The van der Waals surface area contributed by atoms with Crippen molar-refractivity contribution in [3.63, 3.8) is 0 Å². The van der Waals surface area contributed by atoms with Crippen LogP contribution in [0.3, 0.4) is 0 Å². The summed E-state index contributed by atoms with van der Waals surface area (Å²) in [5, 5.41) is 3.62. The lowest BCUT2D eigenvalue weighted by Gasteiger charge is -2.33. The van der Waals surface area contributed by atoms with Crippen molar-refractivity contribution in [3.8, 4) is 0 Å². The molecule has 0 radical (unpaired) electrons. The Balaban J connectivity index is 2.45. The molecule has 1 unspecified atom stereocenters. The second-order valence-corrected chi connectivity index (χ2v) is 4.73. The minimum atomic E-state index is 0.140. The molecule has 3 heteroatoms. The van der Waals surface area contributed by atoms with Crippen molar-refractivity contribution < 1.29 is 4.74 Å². The first-order valence-electron chi connectivity index (χ1n) is 5.71. The first-order valence-corrected chi connectivity index (χ1v) is 5.71. The number of nitrogens with one attached hydrogen (secondary N) is 1. The molecule has 1 aliphatic rings. The van der Waals surface area contributed by atoms with Crippen LogP contribution in [0.2, 0.25) is 0 Å². The summed E-state index contributed by atoms with van der Waals surface area (Å²) in [5.41, 5.74) is 6.02. The number of nitrogens with two attached hydrogens (primary N) is 1. The van der Waals surface area contributed by atoms with E-state index in [1.165, 1.54) is 0 Å². The van der Waals surface area contributed by atoms with E-state index in [-0.39, 0.29) is 5.54 Å². The van der Waals surface area contributed by atoms with Crippen molar-refractivity contribution in [2.45, 2.75) is 38.6 Å². The predicted molar refractivity (Wildman–Crippen MR) is 59.3 cm³/mol. The van der Waals surface area contributed by atoms with Crippen LogP contribution in [0.5, 0.6) is 0 Å². The second kappa shape index (κ2) is 5.69. The minimum absolute atomic E-state index is 0.140. The van der Waals surface area contributed by atoms with Gasteiger partial charge in [-0.15, -0.1) is 0 Å². The molecule has 0 saturated carbocycles. The first-order chi connectivity index (χ1) is 6.68. The van der Waals surface area contributed by atoms with Crippen molar-refractivity contribution in [3.05, 3.63) is 0 Å². The quantitative estimate of drug-likeness (QED) is 0.715. The number of hydrogen-bond donors (Lipinski definition) is 2. The standard InChI is InChI=1S/C11H24N2O/c1-10(2)8-13-11(9-12)4-3-6-14-7-5-11/h10,13H,3-9,12H2,1-2H3. The molecule has 14 heavy (non-hydrogen) atoms. The minimum Gasteiger partial charge on any atom is -0.381 e. The SMILES string of the molecule is CC(C)CNC1(CN)CCCOCC1. The predicted octanol–water partition coefficient (Wildman–Crippen LogP) is 1.13. The molecule has 0 bridgehead atoms. The summed E-state index contributed by atoms with van der Waals surface area (Å²) in [6.07, 6.45) is 3.33. The summed E-state index contributed by atoms with van der Waals surface area (Å²) in [5.74, 6) is 0.683. The molecule has 1 heterocycles. The Bertz CT molecular complexity index is 151. The Morgan fingerprint density at radius 2 is 2.14 bits per heavy atom. The van der Waals surface area contributed by atoms with Gasteiger partial charge in [-0.05, 0) is 31.7 Å². The zero-order valence-electron chi connectivity index (χ0n) is 9.51. The van der Waals surface area contributed by atoms with Crippen LogP contribution >= 0.6 is 0 Å². The molecule has 0 aromatic heterocycles. The normalized spacial score (nSPS) is 29.1. The lowest BCUT2D eigenvalue weighted by molar-refractivity contribution is 0.136. The van der Waals surface area contributed by atoms with E-state index >= 15 is 0 Å². The molecule has 0 spiro atoms. The molecular weight excluding hydrogens is 176 g/mol. The molecule has 1 aliphatic heterocycles. The average Bonchev–Trinajstić information content (AvgIpc) is 2.41. The topological polar surface area (TPSA) is 47.3 Å². The summed E-state index contributed by atoms with van der Waals surface area (Å²) in [4.78, 5) is 0. The Morgan fingerprint density at radius 1 is 1.36 bits per heavy atom. The van der Waals surface area contributed by atoms with Gasteiger partial charge in [0.05, 0.1) is 0 Å². The Morgan fingerprint density at radius 3 is 2.79 bits per heavy atom. The summed E-state index contributed by atoms with van der Waals surface area (Å²) in [6.45, 7) is 7.97. The fourth-order valence-electron chi connectivity index (χ4n) is 1.88. The monoisotopic (exact) mass is 200 g/mol. The lowest BCUT2D eigenvalue weighted by atomic mass is 9.90. The van der Waals surface area contributed by atoms with Gasteiger partial charge in [-0.2, -0.15) is 0 Å². The van der Waals surface area contributed by atoms with Gasteiger partial charge in [0, 0.05) is 25.3 Å². The highest BCUT2D eigenvalue weighted by Crippen LogP contribution is 2.20. The first kappa shape index (κ1) is 12.0. The summed E-state index contributed by atoms with van der Waals surface area (Å²) in [6, 6.07) is 0. The number of ether oxygens (including phenoxy) is 1. The smallest absolute Gasteiger partial charge is 0.0484 e. The Kier molecular flexibility index (Phi) is 4.85. The molecule has 1 rings (SSSR count). The maximum absolute atomic E-state index is 5.88. The van der Waals surface area contributed by atoms with Gasteiger partial charge >= 0.3 is 0 Å². The third kappa shape index (κ3) is 3.56. The molecule has 0 aliphatic carbocycles. The fourth-order valence-corrected chi connectivity index (χ4v) is 1.88. The van der Waals surface area contributed by atoms with Gasteiger partial charge in [0.15, 0.2) is 0 Å². The van der Waals surface area contributed by atoms with Crippen LogP contribution < -0.4 is 11.1 Å². The van der Waals surface area contributed by atoms with E-state index in [1.54, 1.807) is 0 Å². The van der Waals surface area contributed by atoms with E-state index in [0.29, 0.717) is 5.92 Å². The van der Waals surface area contributed by atoms with Crippen LogP contribution in [0.15, 0.2) is 0 Å². The third-order valence-electron chi connectivity index (χ3n) is 2.95. The van der Waals surface area contributed by atoms with Crippen LogP contribution in [0.25, 0.3) is 0 Å². The molecule has 0 aromatic rings. The van der Waals surface area contributed by atoms with Crippen molar-refractivity contribution >= 4 is 0 Å². The third-order valence-corrected chi connectivity index (χ3v) is 2.95. The van der Waals surface area contributed by atoms with E-state index in [0.717, 1.165) is 45.6 Å². The fraction of sp³-hybridized carbons (Fsp3) is 1.00. The van der Waals surface area contributed by atoms with E-state index in [2.05, 4.69) is 19.2 Å². The molecule has 1 fully saturated rings. The van der Waals surface area contributed by atoms with Crippen LogP contribution in [0, 0.1) is 5.92 Å². The maximum atomic E-state index is 5.88. The molecule has 1 saturated heterocycles. The molecule has 0 amide bonds. The molecule has 3 N–H and O–H groups in total. The van der Waals surface area contributed by atoms with Crippen LogP contribution in [-0.2, 0) is 4.74 Å². The van der Waals surface area contributed by atoms with Crippen molar-refractivity contribution in [1.29, 1.82) is 0 Å². The average molecular weight is 200 g/mol. The zero-order chi connectivity index (χ0) is 10.4. The van der Waals surface area contributed by atoms with E-state index in [4.69, 9.17) is 10.5 Å². The summed E-state index contributed by atoms with van der Waals surface area (Å²) < 4.78 is 5.46. The molecule has 3 nitrogen and oxygen atoms in total. The number of hydrogen-bond acceptors (Lipinski definition) is 3. The van der Waals surface area contributed by atoms with Gasteiger partial charge in [-0.1, -0.05) is 13.8 Å². The maximum Gasteiger partial charge on any atom is 0.0484 e. The van der Waals surface area contributed by atoms with E-state index in [1.807, 2.05) is 0 Å². The highest BCUT2D eigenvalue weighted by Gasteiger charge is 2.28. The largest absolute Gasteiger partial charge is 0.381 e. The Labute approximate surface area is 87.4 Å².